The summed E-state index contributed by atoms with van der Waals surface area (Å²) >= 11 is 0. The molecule has 0 unspecified atom stereocenters. The summed E-state index contributed by atoms with van der Waals surface area (Å²) in [5.74, 6) is 1.53. The average Bonchev–Trinajstić information content (AvgIpc) is 3.12. The van der Waals surface area contributed by atoms with Gasteiger partial charge >= 0.3 is 0 Å². The lowest BCUT2D eigenvalue weighted by atomic mass is 10.3. The Morgan fingerprint density at radius 2 is 2.35 bits per heavy atom. The summed E-state index contributed by atoms with van der Waals surface area (Å²) < 4.78 is 5.43. The Morgan fingerprint density at radius 3 is 2.94 bits per heavy atom. The molecular weight excluding hydrogens is 222 g/mol. The molecule has 0 aliphatic heterocycles. The molecule has 1 saturated carbocycles. The van der Waals surface area contributed by atoms with E-state index >= 15 is 0 Å². The lowest BCUT2D eigenvalue weighted by Gasteiger charge is -2.06. The minimum absolute atomic E-state index is 0.00854. The third-order valence-electron chi connectivity index (χ3n) is 2.73. The molecule has 1 aromatic rings. The fourth-order valence-corrected chi connectivity index (χ4v) is 1.54. The van der Waals surface area contributed by atoms with E-state index in [4.69, 9.17) is 4.74 Å². The lowest BCUT2D eigenvalue weighted by Crippen LogP contribution is -2.03. The van der Waals surface area contributed by atoms with Crippen LogP contribution in [0.1, 0.15) is 19.3 Å². The summed E-state index contributed by atoms with van der Waals surface area (Å²) in [6.45, 7) is 0.571. The molecule has 6 heteroatoms. The van der Waals surface area contributed by atoms with Crippen molar-refractivity contribution < 1.29 is 9.66 Å². The summed E-state index contributed by atoms with van der Waals surface area (Å²) in [7, 11) is 1.67. The first kappa shape index (κ1) is 11.6. The number of nitrogens with one attached hydrogen (secondary N) is 1. The number of pyridine rings is 1. The van der Waals surface area contributed by atoms with E-state index in [1.54, 1.807) is 7.05 Å². The largest absolute Gasteiger partial charge is 0.477 e. The number of aromatic nitrogens is 1. The molecule has 0 spiro atoms. The Balaban J connectivity index is 2.02. The molecule has 1 N–H and O–H groups in total. The predicted molar refractivity (Wildman–Crippen MR) is 63.3 cm³/mol. The highest BCUT2D eigenvalue weighted by molar-refractivity contribution is 5.47. The van der Waals surface area contributed by atoms with Gasteiger partial charge in [0.25, 0.3) is 5.69 Å². The minimum atomic E-state index is -0.448. The fraction of sp³-hybridized carbons (Fsp3) is 0.545. The van der Waals surface area contributed by atoms with Crippen molar-refractivity contribution in [3.8, 4) is 5.88 Å². The summed E-state index contributed by atoms with van der Waals surface area (Å²) in [6, 6.07) is 2.74. The maximum Gasteiger partial charge on any atom is 0.278 e. The second-order valence-corrected chi connectivity index (χ2v) is 4.14. The van der Waals surface area contributed by atoms with Crippen LogP contribution in [0.3, 0.4) is 0 Å². The molecule has 1 aromatic heterocycles. The summed E-state index contributed by atoms with van der Waals surface area (Å²) in [5.41, 5.74) is -0.00854. The molecule has 1 aliphatic carbocycles. The summed E-state index contributed by atoms with van der Waals surface area (Å²) in [5, 5.41) is 13.5. The van der Waals surface area contributed by atoms with Crippen LogP contribution in [0, 0.1) is 16.0 Å². The van der Waals surface area contributed by atoms with Crippen LogP contribution in [0.5, 0.6) is 5.88 Å². The summed E-state index contributed by atoms with van der Waals surface area (Å²) in [6.07, 6.45) is 3.54. The van der Waals surface area contributed by atoms with E-state index in [9.17, 15) is 10.1 Å². The van der Waals surface area contributed by atoms with Gasteiger partial charge in [-0.1, -0.05) is 12.8 Å². The number of anilines is 1. The Labute approximate surface area is 99.2 Å². The Hall–Kier alpha value is -1.85. The molecule has 17 heavy (non-hydrogen) atoms. The van der Waals surface area contributed by atoms with E-state index < -0.39 is 4.92 Å². The van der Waals surface area contributed by atoms with Gasteiger partial charge in [0.15, 0.2) is 0 Å². The first-order chi connectivity index (χ1) is 8.19. The van der Waals surface area contributed by atoms with Crippen LogP contribution in [0.15, 0.2) is 12.1 Å². The molecule has 1 fully saturated rings. The van der Waals surface area contributed by atoms with Gasteiger partial charge in [-0.3, -0.25) is 10.1 Å². The molecule has 1 heterocycles. The molecule has 0 saturated heterocycles. The lowest BCUT2D eigenvalue weighted by molar-refractivity contribution is -0.384. The Kier molecular flexibility index (Phi) is 3.41. The van der Waals surface area contributed by atoms with Gasteiger partial charge in [0.1, 0.15) is 5.82 Å². The van der Waals surface area contributed by atoms with Crippen molar-refractivity contribution >= 4 is 11.5 Å². The highest BCUT2D eigenvalue weighted by Gasteiger charge is 2.21. The number of rotatable bonds is 6. The van der Waals surface area contributed by atoms with Gasteiger partial charge < -0.3 is 10.1 Å². The summed E-state index contributed by atoms with van der Waals surface area (Å²) in [4.78, 5) is 14.4. The fourth-order valence-electron chi connectivity index (χ4n) is 1.54. The maximum absolute atomic E-state index is 10.7. The standard InChI is InChI=1S/C11H15N3O3/c1-12-10-6-9(14(15)16)7-11(13-10)17-5-4-8-2-3-8/h6-8H,2-5H2,1H3,(H,12,13). The van der Waals surface area contributed by atoms with Crippen LogP contribution in [0.4, 0.5) is 11.5 Å². The van der Waals surface area contributed by atoms with Crippen molar-refractivity contribution in [2.45, 2.75) is 19.3 Å². The predicted octanol–water partition coefficient (Wildman–Crippen LogP) is 2.21. The van der Waals surface area contributed by atoms with Crippen molar-refractivity contribution in [3.63, 3.8) is 0 Å². The topological polar surface area (TPSA) is 77.3 Å². The van der Waals surface area contributed by atoms with Gasteiger partial charge in [-0.25, -0.2) is 0 Å². The van der Waals surface area contributed by atoms with E-state index in [-0.39, 0.29) is 5.69 Å². The van der Waals surface area contributed by atoms with Gasteiger partial charge in [0.05, 0.1) is 23.7 Å². The number of nitrogens with zero attached hydrogens (tertiary/aromatic N) is 2. The number of nitro groups is 1. The van der Waals surface area contributed by atoms with Crippen LogP contribution >= 0.6 is 0 Å². The highest BCUT2D eigenvalue weighted by Crippen LogP contribution is 2.32. The zero-order valence-corrected chi connectivity index (χ0v) is 9.68. The third kappa shape index (κ3) is 3.30. The molecule has 0 amide bonds. The van der Waals surface area contributed by atoms with Crippen molar-refractivity contribution in [2.24, 2.45) is 5.92 Å². The zero-order chi connectivity index (χ0) is 12.3. The molecule has 0 bridgehead atoms. The normalized spacial score (nSPS) is 14.4. The second kappa shape index (κ2) is 4.99. The monoisotopic (exact) mass is 237 g/mol. The highest BCUT2D eigenvalue weighted by atomic mass is 16.6. The zero-order valence-electron chi connectivity index (χ0n) is 9.68. The molecular formula is C11H15N3O3. The first-order valence-corrected chi connectivity index (χ1v) is 5.66. The molecule has 0 atom stereocenters. The van der Waals surface area contributed by atoms with Gasteiger partial charge in [-0.05, 0) is 12.3 Å². The molecule has 2 rings (SSSR count). The van der Waals surface area contributed by atoms with Crippen LogP contribution in [-0.4, -0.2) is 23.6 Å². The third-order valence-corrected chi connectivity index (χ3v) is 2.73. The van der Waals surface area contributed by atoms with Crippen molar-refractivity contribution in [2.75, 3.05) is 19.0 Å². The van der Waals surface area contributed by atoms with Crippen LogP contribution in [-0.2, 0) is 0 Å². The molecule has 0 radical (unpaired) electrons. The molecule has 0 aromatic carbocycles. The SMILES string of the molecule is CNc1cc([N+](=O)[O-])cc(OCCC2CC2)n1. The van der Waals surface area contributed by atoms with Gasteiger partial charge in [0.2, 0.25) is 5.88 Å². The van der Waals surface area contributed by atoms with Gasteiger partial charge in [0, 0.05) is 7.05 Å². The van der Waals surface area contributed by atoms with Crippen molar-refractivity contribution in [1.82, 2.24) is 4.98 Å². The minimum Gasteiger partial charge on any atom is -0.477 e. The van der Waals surface area contributed by atoms with Gasteiger partial charge in [-0.2, -0.15) is 4.98 Å². The molecule has 6 nitrogen and oxygen atoms in total. The number of hydrogen-bond donors (Lipinski definition) is 1. The first-order valence-electron chi connectivity index (χ1n) is 5.66. The number of hydrogen-bond acceptors (Lipinski definition) is 5. The second-order valence-electron chi connectivity index (χ2n) is 4.14. The van der Waals surface area contributed by atoms with E-state index in [0.29, 0.717) is 18.3 Å². The van der Waals surface area contributed by atoms with Crippen molar-refractivity contribution in [3.05, 3.63) is 22.2 Å². The van der Waals surface area contributed by atoms with Crippen molar-refractivity contribution in [1.29, 1.82) is 0 Å². The quantitative estimate of drug-likeness (QED) is 0.606. The van der Waals surface area contributed by atoms with Crippen LogP contribution in [0.25, 0.3) is 0 Å². The average molecular weight is 237 g/mol. The van der Waals surface area contributed by atoms with E-state index in [0.717, 1.165) is 12.3 Å². The smallest absolute Gasteiger partial charge is 0.278 e. The van der Waals surface area contributed by atoms with E-state index in [1.807, 2.05) is 0 Å². The number of ether oxygens (including phenoxy) is 1. The van der Waals surface area contributed by atoms with Gasteiger partial charge in [-0.15, -0.1) is 0 Å². The Bertz CT molecular complexity index is 418. The van der Waals surface area contributed by atoms with Crippen LogP contribution in [0.2, 0.25) is 0 Å². The molecule has 92 valence electrons. The maximum atomic E-state index is 10.7. The van der Waals surface area contributed by atoms with E-state index in [2.05, 4.69) is 10.3 Å². The van der Waals surface area contributed by atoms with Crippen LogP contribution < -0.4 is 10.1 Å². The van der Waals surface area contributed by atoms with E-state index in [1.165, 1.54) is 25.0 Å². The molecule has 1 aliphatic rings. The Morgan fingerprint density at radius 1 is 1.59 bits per heavy atom.